The Morgan fingerprint density at radius 3 is 2.67 bits per heavy atom. The summed E-state index contributed by atoms with van der Waals surface area (Å²) < 4.78 is 11.5. The first-order valence-corrected chi connectivity index (χ1v) is 11.3. The minimum absolute atomic E-state index is 0.0575. The number of hydrogen-bond acceptors (Lipinski definition) is 6. The van der Waals surface area contributed by atoms with Crippen molar-refractivity contribution in [1.82, 2.24) is 14.9 Å². The topological polar surface area (TPSA) is 90.6 Å². The largest absolute Gasteiger partial charge is 0.497 e. The second-order valence-corrected chi connectivity index (χ2v) is 8.17. The van der Waals surface area contributed by atoms with Crippen LogP contribution in [0.15, 0.2) is 54.7 Å². The summed E-state index contributed by atoms with van der Waals surface area (Å²) in [6, 6.07) is 16.4. The van der Waals surface area contributed by atoms with Crippen molar-refractivity contribution >= 4 is 11.9 Å². The molecule has 1 fully saturated rings. The lowest BCUT2D eigenvalue weighted by Gasteiger charge is -2.38. The Bertz CT molecular complexity index is 1120. The molecule has 7 nitrogen and oxygen atoms in total. The van der Waals surface area contributed by atoms with Crippen LogP contribution in [0.5, 0.6) is 5.75 Å². The quantitative estimate of drug-likeness (QED) is 0.603. The van der Waals surface area contributed by atoms with Gasteiger partial charge in [0.2, 0.25) is 5.95 Å². The number of benzene rings is 2. The molecular weight excluding hydrogens is 416 g/mol. The van der Waals surface area contributed by atoms with Crippen LogP contribution in [-0.4, -0.2) is 47.1 Å². The highest BCUT2D eigenvalue weighted by molar-refractivity contribution is 5.95. The number of nitrogen functional groups attached to an aromatic ring is 1. The van der Waals surface area contributed by atoms with E-state index in [4.69, 9.17) is 15.2 Å². The lowest BCUT2D eigenvalue weighted by molar-refractivity contribution is -0.0229. The number of aromatic nitrogens is 2. The number of hydrogen-bond donors (Lipinski definition) is 1. The molecular formula is C26H30N4O3. The highest BCUT2D eigenvalue weighted by atomic mass is 16.5. The Morgan fingerprint density at radius 1 is 1.21 bits per heavy atom. The van der Waals surface area contributed by atoms with Gasteiger partial charge in [0.05, 0.1) is 24.5 Å². The first-order valence-electron chi connectivity index (χ1n) is 11.3. The first kappa shape index (κ1) is 22.7. The minimum atomic E-state index is -0.104. The van der Waals surface area contributed by atoms with Crippen LogP contribution in [-0.2, 0) is 4.74 Å². The molecule has 2 aromatic carbocycles. The van der Waals surface area contributed by atoms with Crippen LogP contribution in [0.2, 0.25) is 0 Å². The molecule has 0 radical (unpaired) electrons. The zero-order chi connectivity index (χ0) is 23.4. The van der Waals surface area contributed by atoms with E-state index in [9.17, 15) is 4.79 Å². The van der Waals surface area contributed by atoms with Gasteiger partial charge in [-0.25, -0.2) is 9.97 Å². The maximum atomic E-state index is 13.4. The fourth-order valence-corrected chi connectivity index (χ4v) is 4.51. The molecule has 33 heavy (non-hydrogen) atoms. The van der Waals surface area contributed by atoms with E-state index >= 15 is 0 Å². The standard InChI is InChI=1S/C26H30N4O3/c1-4-30(25(31)23-16-28-26(27)29-17(23)2)19-13-14-33-24(15-19)22-8-6-5-7-21(22)18-9-11-20(32-3)12-10-18/h5-12,16,19,24H,4,13-15H2,1-3H3,(H2,27,28,29)/t19-,24+/m0/s1. The van der Waals surface area contributed by atoms with Gasteiger partial charge in [-0.15, -0.1) is 0 Å². The first-order chi connectivity index (χ1) is 16.0. The molecule has 0 spiro atoms. The molecule has 0 bridgehead atoms. The van der Waals surface area contributed by atoms with Crippen LogP contribution in [0.25, 0.3) is 11.1 Å². The summed E-state index contributed by atoms with van der Waals surface area (Å²) in [6.45, 7) is 4.98. The van der Waals surface area contributed by atoms with Crippen LogP contribution < -0.4 is 10.5 Å². The van der Waals surface area contributed by atoms with E-state index in [0.717, 1.165) is 35.3 Å². The molecule has 172 valence electrons. The molecule has 2 heterocycles. The summed E-state index contributed by atoms with van der Waals surface area (Å²) in [6.07, 6.45) is 2.93. The van der Waals surface area contributed by atoms with Gasteiger partial charge in [0, 0.05) is 25.4 Å². The number of carbonyl (C=O) groups is 1. The number of nitrogens with two attached hydrogens (primary N) is 1. The van der Waals surface area contributed by atoms with Crippen LogP contribution in [0.3, 0.4) is 0 Å². The second kappa shape index (κ2) is 10.0. The van der Waals surface area contributed by atoms with Crippen molar-refractivity contribution in [1.29, 1.82) is 0 Å². The highest BCUT2D eigenvalue weighted by Gasteiger charge is 2.32. The fourth-order valence-electron chi connectivity index (χ4n) is 4.51. The number of rotatable bonds is 6. The van der Waals surface area contributed by atoms with E-state index in [1.807, 2.05) is 36.1 Å². The maximum Gasteiger partial charge on any atom is 0.257 e. The van der Waals surface area contributed by atoms with Crippen molar-refractivity contribution in [2.24, 2.45) is 0 Å². The minimum Gasteiger partial charge on any atom is -0.497 e. The number of amides is 1. The highest BCUT2D eigenvalue weighted by Crippen LogP contribution is 2.37. The van der Waals surface area contributed by atoms with E-state index in [1.165, 1.54) is 6.20 Å². The number of carbonyl (C=O) groups excluding carboxylic acids is 1. The van der Waals surface area contributed by atoms with Gasteiger partial charge < -0.3 is 20.1 Å². The summed E-state index contributed by atoms with van der Waals surface area (Å²) in [5.74, 6) is 0.932. The molecule has 2 atom stereocenters. The zero-order valence-corrected chi connectivity index (χ0v) is 19.3. The van der Waals surface area contributed by atoms with Crippen molar-refractivity contribution in [3.63, 3.8) is 0 Å². The Morgan fingerprint density at radius 2 is 1.97 bits per heavy atom. The van der Waals surface area contributed by atoms with Crippen molar-refractivity contribution in [3.05, 3.63) is 71.5 Å². The predicted molar refractivity (Wildman–Crippen MR) is 128 cm³/mol. The number of nitrogens with zero attached hydrogens (tertiary/aromatic N) is 3. The Hall–Kier alpha value is -3.45. The Labute approximate surface area is 194 Å². The molecule has 2 N–H and O–H groups in total. The van der Waals surface area contributed by atoms with Gasteiger partial charge in [-0.2, -0.15) is 0 Å². The van der Waals surface area contributed by atoms with Crippen molar-refractivity contribution in [2.45, 2.75) is 38.8 Å². The molecule has 1 aliphatic rings. The maximum absolute atomic E-state index is 13.4. The smallest absolute Gasteiger partial charge is 0.257 e. The Kier molecular flexibility index (Phi) is 6.89. The van der Waals surface area contributed by atoms with Gasteiger partial charge in [-0.1, -0.05) is 36.4 Å². The van der Waals surface area contributed by atoms with Crippen molar-refractivity contribution in [3.8, 4) is 16.9 Å². The Balaban J connectivity index is 1.59. The summed E-state index contributed by atoms with van der Waals surface area (Å²) in [5, 5.41) is 0. The normalized spacial score (nSPS) is 18.0. The molecule has 0 aliphatic carbocycles. The van der Waals surface area contributed by atoms with Gasteiger partial charge in [0.25, 0.3) is 5.91 Å². The van der Waals surface area contributed by atoms with Gasteiger partial charge in [0.1, 0.15) is 5.75 Å². The number of ether oxygens (including phenoxy) is 2. The third-order valence-electron chi connectivity index (χ3n) is 6.24. The molecule has 1 aliphatic heterocycles. The van der Waals surface area contributed by atoms with Crippen LogP contribution >= 0.6 is 0 Å². The molecule has 1 saturated heterocycles. The zero-order valence-electron chi connectivity index (χ0n) is 19.3. The van der Waals surface area contributed by atoms with Crippen molar-refractivity contribution < 1.29 is 14.3 Å². The molecule has 1 amide bonds. The lowest BCUT2D eigenvalue weighted by Crippen LogP contribution is -2.44. The summed E-state index contributed by atoms with van der Waals surface area (Å²) in [4.78, 5) is 23.5. The SMILES string of the molecule is CCN(C(=O)c1cnc(N)nc1C)[C@H]1CCO[C@@H](c2ccccc2-c2ccc(OC)cc2)C1. The monoisotopic (exact) mass is 446 g/mol. The third-order valence-corrected chi connectivity index (χ3v) is 6.24. The van der Waals surface area contributed by atoms with Gasteiger partial charge in [0.15, 0.2) is 0 Å². The van der Waals surface area contributed by atoms with Crippen LogP contribution in [0.1, 0.15) is 47.5 Å². The van der Waals surface area contributed by atoms with E-state index < -0.39 is 0 Å². The summed E-state index contributed by atoms with van der Waals surface area (Å²) >= 11 is 0. The van der Waals surface area contributed by atoms with Gasteiger partial charge in [-0.3, -0.25) is 4.79 Å². The number of methoxy groups -OCH3 is 1. The molecule has 0 unspecified atom stereocenters. The fraction of sp³-hybridized carbons (Fsp3) is 0.346. The summed E-state index contributed by atoms with van der Waals surface area (Å²) in [7, 11) is 1.66. The molecule has 4 rings (SSSR count). The molecule has 3 aromatic rings. The average Bonchev–Trinajstić information content (AvgIpc) is 2.85. The summed E-state index contributed by atoms with van der Waals surface area (Å²) in [5.41, 5.74) is 10.1. The van der Waals surface area contributed by atoms with Crippen LogP contribution in [0, 0.1) is 6.92 Å². The van der Waals surface area contributed by atoms with E-state index in [2.05, 4.69) is 34.2 Å². The van der Waals surface area contributed by atoms with E-state index in [1.54, 1.807) is 14.0 Å². The van der Waals surface area contributed by atoms with Gasteiger partial charge in [-0.05, 0) is 55.5 Å². The molecule has 1 aromatic heterocycles. The molecule has 0 saturated carbocycles. The number of anilines is 1. The van der Waals surface area contributed by atoms with E-state index in [0.29, 0.717) is 24.4 Å². The van der Waals surface area contributed by atoms with Gasteiger partial charge >= 0.3 is 0 Å². The predicted octanol–water partition coefficient (Wildman–Crippen LogP) is 4.43. The third kappa shape index (κ3) is 4.83. The number of aryl methyl sites for hydroxylation is 1. The van der Waals surface area contributed by atoms with Crippen LogP contribution in [0.4, 0.5) is 5.95 Å². The molecule has 7 heteroatoms. The lowest BCUT2D eigenvalue weighted by atomic mass is 9.90. The average molecular weight is 447 g/mol. The van der Waals surface area contributed by atoms with Crippen molar-refractivity contribution in [2.75, 3.05) is 26.0 Å². The second-order valence-electron chi connectivity index (χ2n) is 8.17. The van der Waals surface area contributed by atoms with E-state index in [-0.39, 0.29) is 24.0 Å².